The summed E-state index contributed by atoms with van der Waals surface area (Å²) in [5, 5.41) is 10.7. The summed E-state index contributed by atoms with van der Waals surface area (Å²) in [5.74, 6) is -0.768. The van der Waals surface area contributed by atoms with Gasteiger partial charge in [0.05, 0.1) is 15.7 Å². The first-order valence-electron chi connectivity index (χ1n) is 7.38. The number of hydrogen-bond donors (Lipinski definition) is 1. The molecule has 0 aliphatic heterocycles. The number of carbonyl (C=O) groups excluding carboxylic acids is 1. The van der Waals surface area contributed by atoms with Crippen molar-refractivity contribution in [1.29, 1.82) is 5.26 Å². The highest BCUT2D eigenvalue weighted by Gasteiger charge is 2.62. The Kier molecular flexibility index (Phi) is 5.38. The Bertz CT molecular complexity index is 753. The van der Waals surface area contributed by atoms with E-state index in [2.05, 4.69) is 4.72 Å². The van der Waals surface area contributed by atoms with E-state index in [4.69, 9.17) is 5.26 Å². The molecule has 0 bridgehead atoms. The number of rotatable bonds is 4. The van der Waals surface area contributed by atoms with E-state index >= 15 is 0 Å². The molecule has 1 N–H and O–H groups in total. The van der Waals surface area contributed by atoms with E-state index in [1.54, 1.807) is 23.6 Å². The van der Waals surface area contributed by atoms with E-state index in [1.807, 2.05) is 0 Å². The van der Waals surface area contributed by atoms with E-state index in [9.17, 15) is 22.2 Å². The maximum atomic E-state index is 13.8. The van der Waals surface area contributed by atoms with Gasteiger partial charge in [0.25, 0.3) is 0 Å². The van der Waals surface area contributed by atoms with Crippen LogP contribution in [0.15, 0.2) is 24.3 Å². The summed E-state index contributed by atoms with van der Waals surface area (Å²) in [7, 11) is -2.06. The zero-order valence-corrected chi connectivity index (χ0v) is 15.4. The van der Waals surface area contributed by atoms with Gasteiger partial charge < -0.3 is 0 Å². The van der Waals surface area contributed by atoms with Crippen LogP contribution < -0.4 is 4.72 Å². The second kappa shape index (κ2) is 6.74. The van der Waals surface area contributed by atoms with Crippen molar-refractivity contribution in [3.8, 4) is 5.40 Å². The molecule has 9 heteroatoms. The number of halogens is 3. The SMILES string of the molecule is CC(C)(C)S(=O)N[C@@H](C(F)(F)F)[C@]1(SC#N)Cc2ccccc2C1=O. The van der Waals surface area contributed by atoms with E-state index in [0.29, 0.717) is 5.56 Å². The van der Waals surface area contributed by atoms with Crippen LogP contribution in [0.2, 0.25) is 0 Å². The van der Waals surface area contributed by atoms with Crippen LogP contribution in [0.25, 0.3) is 0 Å². The van der Waals surface area contributed by atoms with Crippen LogP contribution in [-0.2, 0) is 17.4 Å². The molecule has 0 fully saturated rings. The topological polar surface area (TPSA) is 70.0 Å². The van der Waals surface area contributed by atoms with Crippen LogP contribution in [-0.4, -0.2) is 31.7 Å². The average molecular weight is 390 g/mol. The van der Waals surface area contributed by atoms with Gasteiger partial charge in [-0.3, -0.25) is 4.79 Å². The first-order valence-corrected chi connectivity index (χ1v) is 9.34. The molecule has 0 radical (unpaired) electrons. The predicted molar refractivity (Wildman–Crippen MR) is 91.3 cm³/mol. The summed E-state index contributed by atoms with van der Waals surface area (Å²) < 4.78 is 52.8. The minimum atomic E-state index is -4.86. The Morgan fingerprint density at radius 3 is 2.40 bits per heavy atom. The highest BCUT2D eigenvalue weighted by Crippen LogP contribution is 2.47. The van der Waals surface area contributed by atoms with Crippen LogP contribution in [0.1, 0.15) is 36.7 Å². The monoisotopic (exact) mass is 390 g/mol. The van der Waals surface area contributed by atoms with Crippen LogP contribution in [0.5, 0.6) is 0 Å². The number of hydrogen-bond acceptors (Lipinski definition) is 4. The van der Waals surface area contributed by atoms with Crippen molar-refractivity contribution in [2.45, 2.75) is 48.9 Å². The molecule has 1 aromatic rings. The number of Topliss-reactive ketones (excluding diaryl/α,β-unsaturated/α-hetero) is 1. The quantitative estimate of drug-likeness (QED) is 0.801. The second-order valence-corrected chi connectivity index (χ2v) is 9.83. The lowest BCUT2D eigenvalue weighted by Gasteiger charge is -2.36. The molecule has 0 spiro atoms. The number of benzene rings is 1. The minimum absolute atomic E-state index is 0.169. The Morgan fingerprint density at radius 2 is 1.92 bits per heavy atom. The number of carbonyl (C=O) groups is 1. The normalized spacial score (nSPS) is 23.0. The lowest BCUT2D eigenvalue weighted by molar-refractivity contribution is -0.155. The van der Waals surface area contributed by atoms with Crippen molar-refractivity contribution in [2.24, 2.45) is 0 Å². The van der Waals surface area contributed by atoms with Crippen molar-refractivity contribution in [1.82, 2.24) is 4.72 Å². The molecule has 1 aliphatic carbocycles. The van der Waals surface area contributed by atoms with Crippen LogP contribution in [0.3, 0.4) is 0 Å². The second-order valence-electron chi connectivity index (χ2n) is 6.72. The third kappa shape index (κ3) is 3.76. The number of ketones is 1. The molecule has 1 aliphatic rings. The Balaban J connectivity index is 2.54. The largest absolute Gasteiger partial charge is 0.406 e. The predicted octanol–water partition coefficient (Wildman–Crippen LogP) is 3.36. The van der Waals surface area contributed by atoms with E-state index in [-0.39, 0.29) is 23.7 Å². The smallest absolute Gasteiger partial charge is 0.292 e. The standard InChI is InChI=1S/C16H17F3N2O2S2/c1-14(2,3)25(23)21-13(16(17,18)19)15(24-9-20)8-10-6-4-5-7-11(10)12(15)22/h4-7,13,21H,8H2,1-3H3/t13-,15+,25?/m1/s1. The number of thiocyanates is 1. The number of nitriles is 1. The number of thioether (sulfide) groups is 1. The first kappa shape index (κ1) is 19.9. The molecule has 136 valence electrons. The molecule has 0 heterocycles. The van der Waals surface area contributed by atoms with Crippen molar-refractivity contribution in [2.75, 3.05) is 0 Å². The number of alkyl halides is 3. The first-order chi connectivity index (χ1) is 11.4. The average Bonchev–Trinajstić information content (AvgIpc) is 2.76. The molecule has 0 saturated carbocycles. The lowest BCUT2D eigenvalue weighted by Crippen LogP contribution is -2.61. The Hall–Kier alpha value is -1.37. The number of nitrogens with zero attached hydrogens (tertiary/aromatic N) is 1. The van der Waals surface area contributed by atoms with Gasteiger partial charge in [-0.1, -0.05) is 24.3 Å². The Labute approximate surface area is 150 Å². The summed E-state index contributed by atoms with van der Waals surface area (Å²) >= 11 is 0.278. The molecule has 1 aromatic carbocycles. The molecule has 1 unspecified atom stereocenters. The number of nitrogens with one attached hydrogen (secondary N) is 1. The van der Waals surface area contributed by atoms with E-state index in [0.717, 1.165) is 0 Å². The maximum absolute atomic E-state index is 13.8. The molecular formula is C16H17F3N2O2S2. The van der Waals surface area contributed by atoms with Gasteiger partial charge in [0.1, 0.15) is 16.2 Å². The van der Waals surface area contributed by atoms with Gasteiger partial charge >= 0.3 is 6.18 Å². The number of fused-ring (bicyclic) bond motifs is 1. The van der Waals surface area contributed by atoms with Crippen molar-refractivity contribution < 1.29 is 22.2 Å². The van der Waals surface area contributed by atoms with Gasteiger partial charge in [0.2, 0.25) is 0 Å². The van der Waals surface area contributed by atoms with Gasteiger partial charge in [0, 0.05) is 5.56 Å². The molecule has 25 heavy (non-hydrogen) atoms. The van der Waals surface area contributed by atoms with Crippen LogP contribution >= 0.6 is 11.8 Å². The summed E-state index contributed by atoms with van der Waals surface area (Å²) in [5.41, 5.74) is 0.621. The van der Waals surface area contributed by atoms with Gasteiger partial charge in [-0.15, -0.1) is 0 Å². The third-order valence-electron chi connectivity index (χ3n) is 3.90. The summed E-state index contributed by atoms with van der Waals surface area (Å²) in [6.07, 6.45) is -5.11. The van der Waals surface area contributed by atoms with E-state index in [1.165, 1.54) is 26.8 Å². The zero-order chi connectivity index (χ0) is 19.0. The fourth-order valence-electron chi connectivity index (χ4n) is 2.65. The van der Waals surface area contributed by atoms with Crippen LogP contribution in [0, 0.1) is 10.7 Å². The van der Waals surface area contributed by atoms with Crippen LogP contribution in [0.4, 0.5) is 13.2 Å². The molecule has 2 rings (SSSR count). The molecule has 4 nitrogen and oxygen atoms in total. The summed E-state index contributed by atoms with van der Waals surface area (Å²) in [4.78, 5) is 12.8. The Morgan fingerprint density at radius 1 is 1.32 bits per heavy atom. The molecule has 0 amide bonds. The van der Waals surface area contributed by atoms with Gasteiger partial charge in [-0.05, 0) is 44.5 Å². The minimum Gasteiger partial charge on any atom is -0.292 e. The highest BCUT2D eigenvalue weighted by molar-refractivity contribution is 8.05. The third-order valence-corrected chi connectivity index (χ3v) is 6.49. The fraction of sp³-hybridized carbons (Fsp3) is 0.500. The fourth-order valence-corrected chi connectivity index (χ4v) is 4.53. The van der Waals surface area contributed by atoms with Crippen molar-refractivity contribution in [3.63, 3.8) is 0 Å². The zero-order valence-electron chi connectivity index (χ0n) is 13.8. The maximum Gasteiger partial charge on any atom is 0.406 e. The van der Waals surface area contributed by atoms with E-state index < -0.39 is 38.5 Å². The molecule has 3 atom stereocenters. The highest BCUT2D eigenvalue weighted by atomic mass is 32.2. The van der Waals surface area contributed by atoms with Crippen molar-refractivity contribution in [3.05, 3.63) is 35.4 Å². The molecular weight excluding hydrogens is 373 g/mol. The molecule has 0 aromatic heterocycles. The summed E-state index contributed by atoms with van der Waals surface area (Å²) in [6, 6.07) is 3.80. The summed E-state index contributed by atoms with van der Waals surface area (Å²) in [6.45, 7) is 4.58. The lowest BCUT2D eigenvalue weighted by atomic mass is 9.94. The van der Waals surface area contributed by atoms with Gasteiger partial charge in [-0.2, -0.15) is 18.4 Å². The van der Waals surface area contributed by atoms with Gasteiger partial charge in [-0.25, -0.2) is 8.93 Å². The van der Waals surface area contributed by atoms with Crippen molar-refractivity contribution >= 4 is 28.5 Å². The molecule has 0 saturated heterocycles. The van der Waals surface area contributed by atoms with Gasteiger partial charge in [0.15, 0.2) is 5.78 Å².